The number of imidazole rings is 1. The lowest BCUT2D eigenvalue weighted by molar-refractivity contribution is -0.115. The number of rotatable bonds is 6. The highest BCUT2D eigenvalue weighted by Gasteiger charge is 2.19. The summed E-state index contributed by atoms with van der Waals surface area (Å²) in [7, 11) is 5.10. The fourth-order valence-electron chi connectivity index (χ4n) is 2.56. The second kappa shape index (κ2) is 7.70. The van der Waals surface area contributed by atoms with Crippen molar-refractivity contribution < 1.29 is 14.3 Å². The molecule has 3 rings (SSSR count). The van der Waals surface area contributed by atoms with Gasteiger partial charge in [0.05, 0.1) is 30.5 Å². The van der Waals surface area contributed by atoms with Crippen molar-refractivity contribution in [3.63, 3.8) is 0 Å². The summed E-state index contributed by atoms with van der Waals surface area (Å²) >= 11 is 1.42. The highest BCUT2D eigenvalue weighted by Crippen LogP contribution is 2.29. The Kier molecular flexibility index (Phi) is 5.37. The maximum atomic E-state index is 12.6. The number of thioether (sulfide) groups is 1. The predicted octanol–water partition coefficient (Wildman–Crippen LogP) is 3.71. The molecule has 1 heterocycles. The van der Waals surface area contributed by atoms with E-state index in [9.17, 15) is 4.79 Å². The van der Waals surface area contributed by atoms with Crippen molar-refractivity contribution in [2.24, 2.45) is 7.05 Å². The first-order valence-electron chi connectivity index (χ1n) is 8.14. The minimum Gasteiger partial charge on any atom is -0.497 e. The van der Waals surface area contributed by atoms with Crippen LogP contribution in [0.15, 0.2) is 47.6 Å². The van der Waals surface area contributed by atoms with Gasteiger partial charge in [0.25, 0.3) is 0 Å². The number of nitrogens with one attached hydrogen (secondary N) is 1. The smallest absolute Gasteiger partial charge is 0.237 e. The largest absolute Gasteiger partial charge is 0.497 e. The van der Waals surface area contributed by atoms with Crippen LogP contribution in [0.3, 0.4) is 0 Å². The van der Waals surface area contributed by atoms with E-state index in [1.54, 1.807) is 32.4 Å². The number of methoxy groups -OCH3 is 2. The normalized spacial score (nSPS) is 12.0. The number of anilines is 1. The van der Waals surface area contributed by atoms with Crippen LogP contribution in [0.1, 0.15) is 6.92 Å². The number of aromatic nitrogens is 2. The number of amides is 1. The van der Waals surface area contributed by atoms with Gasteiger partial charge in [-0.15, -0.1) is 0 Å². The highest BCUT2D eigenvalue weighted by atomic mass is 32.2. The fourth-order valence-corrected chi connectivity index (χ4v) is 3.45. The number of aryl methyl sites for hydroxylation is 1. The molecule has 1 amide bonds. The van der Waals surface area contributed by atoms with E-state index in [2.05, 4.69) is 10.3 Å². The Bertz CT molecular complexity index is 917. The summed E-state index contributed by atoms with van der Waals surface area (Å²) < 4.78 is 12.5. The minimum absolute atomic E-state index is 0.114. The Balaban J connectivity index is 1.74. The number of para-hydroxylation sites is 2. The Morgan fingerprint density at radius 1 is 1.15 bits per heavy atom. The molecule has 0 fully saturated rings. The zero-order chi connectivity index (χ0) is 18.7. The average molecular weight is 371 g/mol. The molecule has 26 heavy (non-hydrogen) atoms. The van der Waals surface area contributed by atoms with Gasteiger partial charge in [0.15, 0.2) is 5.16 Å². The van der Waals surface area contributed by atoms with Crippen LogP contribution in [-0.4, -0.2) is 34.9 Å². The third-order valence-corrected chi connectivity index (χ3v) is 5.16. The minimum atomic E-state index is -0.317. The molecule has 136 valence electrons. The summed E-state index contributed by atoms with van der Waals surface area (Å²) in [6.07, 6.45) is 0. The number of hydrogen-bond acceptors (Lipinski definition) is 5. The first kappa shape index (κ1) is 18.1. The van der Waals surface area contributed by atoms with E-state index in [1.165, 1.54) is 11.8 Å². The van der Waals surface area contributed by atoms with Crippen LogP contribution >= 0.6 is 11.8 Å². The molecular formula is C19H21N3O3S. The molecule has 0 unspecified atom stereocenters. The molecule has 1 N–H and O–H groups in total. The molecule has 2 aromatic carbocycles. The van der Waals surface area contributed by atoms with Crippen molar-refractivity contribution in [2.75, 3.05) is 19.5 Å². The lowest BCUT2D eigenvalue weighted by Crippen LogP contribution is -2.22. The maximum Gasteiger partial charge on any atom is 0.237 e. The molecule has 6 nitrogen and oxygen atoms in total. The molecule has 0 bridgehead atoms. The van der Waals surface area contributed by atoms with Gasteiger partial charge in [-0.3, -0.25) is 4.79 Å². The Hall–Kier alpha value is -2.67. The van der Waals surface area contributed by atoms with Crippen LogP contribution in [0.2, 0.25) is 0 Å². The molecule has 0 saturated heterocycles. The maximum absolute atomic E-state index is 12.6. The summed E-state index contributed by atoms with van der Waals surface area (Å²) in [5.74, 6) is 1.13. The molecular weight excluding hydrogens is 350 g/mol. The summed E-state index contributed by atoms with van der Waals surface area (Å²) in [5.41, 5.74) is 2.59. The summed E-state index contributed by atoms with van der Waals surface area (Å²) in [6.45, 7) is 1.86. The fraction of sp³-hybridized carbons (Fsp3) is 0.263. The Labute approximate surface area is 156 Å². The number of ether oxygens (including phenoxy) is 2. The molecule has 1 atom stereocenters. The standard InChI is InChI=1S/C19H21N3O3S/c1-12(26-19-21-16-7-5-6-8-17(16)22(19)2)18(23)20-13-9-14(24-3)11-15(10-13)25-4/h5-12H,1-4H3,(H,20,23)/t12-/m0/s1. The molecule has 0 aliphatic carbocycles. The Morgan fingerprint density at radius 2 is 1.81 bits per heavy atom. The van der Waals surface area contributed by atoms with Gasteiger partial charge >= 0.3 is 0 Å². The van der Waals surface area contributed by atoms with Crippen LogP contribution in [0.4, 0.5) is 5.69 Å². The monoisotopic (exact) mass is 371 g/mol. The third-order valence-electron chi connectivity index (χ3n) is 4.02. The van der Waals surface area contributed by atoms with Gasteiger partial charge < -0.3 is 19.4 Å². The first-order chi connectivity index (χ1) is 12.5. The Morgan fingerprint density at radius 3 is 2.42 bits per heavy atom. The summed E-state index contributed by atoms with van der Waals surface area (Å²) in [5, 5.41) is 3.39. The number of nitrogens with zero attached hydrogens (tertiary/aromatic N) is 2. The van der Waals surface area contributed by atoms with E-state index in [1.807, 2.05) is 42.8 Å². The molecule has 1 aromatic heterocycles. The van der Waals surface area contributed by atoms with E-state index < -0.39 is 0 Å². The number of benzene rings is 2. The van der Waals surface area contributed by atoms with E-state index in [0.717, 1.165) is 16.2 Å². The van der Waals surface area contributed by atoms with E-state index in [0.29, 0.717) is 17.2 Å². The summed E-state index contributed by atoms with van der Waals surface area (Å²) in [4.78, 5) is 17.2. The third kappa shape index (κ3) is 3.77. The molecule has 0 aliphatic heterocycles. The zero-order valence-corrected chi connectivity index (χ0v) is 16.0. The topological polar surface area (TPSA) is 65.4 Å². The van der Waals surface area contributed by atoms with Gasteiger partial charge in [-0.05, 0) is 19.1 Å². The van der Waals surface area contributed by atoms with E-state index in [4.69, 9.17) is 9.47 Å². The molecule has 0 saturated carbocycles. The number of carbonyl (C=O) groups is 1. The summed E-state index contributed by atoms with van der Waals surface area (Å²) in [6, 6.07) is 13.2. The van der Waals surface area contributed by atoms with Crippen molar-refractivity contribution in [3.05, 3.63) is 42.5 Å². The second-order valence-electron chi connectivity index (χ2n) is 5.79. The van der Waals surface area contributed by atoms with E-state index in [-0.39, 0.29) is 11.2 Å². The van der Waals surface area contributed by atoms with Gasteiger partial charge in [0.1, 0.15) is 11.5 Å². The SMILES string of the molecule is COc1cc(NC(=O)[C@H](C)Sc2nc3ccccc3n2C)cc(OC)c1. The second-order valence-corrected chi connectivity index (χ2v) is 7.10. The van der Waals surface area contributed by atoms with E-state index >= 15 is 0 Å². The van der Waals surface area contributed by atoms with Gasteiger partial charge in [0.2, 0.25) is 5.91 Å². The first-order valence-corrected chi connectivity index (χ1v) is 9.02. The van der Waals surface area contributed by atoms with Crippen molar-refractivity contribution in [1.29, 1.82) is 0 Å². The molecule has 7 heteroatoms. The van der Waals surface area contributed by atoms with Crippen molar-refractivity contribution in [3.8, 4) is 11.5 Å². The van der Waals surface area contributed by atoms with Crippen molar-refractivity contribution in [1.82, 2.24) is 9.55 Å². The average Bonchev–Trinajstić information content (AvgIpc) is 2.97. The molecule has 0 radical (unpaired) electrons. The zero-order valence-electron chi connectivity index (χ0n) is 15.1. The lowest BCUT2D eigenvalue weighted by atomic mass is 10.2. The van der Waals surface area contributed by atoms with Crippen molar-refractivity contribution >= 4 is 34.4 Å². The van der Waals surface area contributed by atoms with Crippen LogP contribution in [0.5, 0.6) is 11.5 Å². The van der Waals surface area contributed by atoms with Crippen molar-refractivity contribution in [2.45, 2.75) is 17.3 Å². The van der Waals surface area contributed by atoms with Crippen LogP contribution < -0.4 is 14.8 Å². The van der Waals surface area contributed by atoms with Crippen LogP contribution in [0.25, 0.3) is 11.0 Å². The van der Waals surface area contributed by atoms with Gasteiger partial charge in [0, 0.05) is 30.9 Å². The molecule has 3 aromatic rings. The van der Waals surface area contributed by atoms with Gasteiger partial charge in [-0.1, -0.05) is 23.9 Å². The predicted molar refractivity (Wildman–Crippen MR) is 104 cm³/mol. The van der Waals surface area contributed by atoms with Crippen LogP contribution in [-0.2, 0) is 11.8 Å². The number of hydrogen-bond donors (Lipinski definition) is 1. The van der Waals surface area contributed by atoms with Gasteiger partial charge in [-0.25, -0.2) is 4.98 Å². The number of carbonyl (C=O) groups excluding carboxylic acids is 1. The molecule has 0 spiro atoms. The van der Waals surface area contributed by atoms with Gasteiger partial charge in [-0.2, -0.15) is 0 Å². The highest BCUT2D eigenvalue weighted by molar-refractivity contribution is 8.00. The number of fused-ring (bicyclic) bond motifs is 1. The lowest BCUT2D eigenvalue weighted by Gasteiger charge is -2.13. The van der Waals surface area contributed by atoms with Crippen LogP contribution in [0, 0.1) is 0 Å². The quantitative estimate of drug-likeness (QED) is 0.669. The molecule has 0 aliphatic rings.